The van der Waals surface area contributed by atoms with Crippen LogP contribution in [0.1, 0.15) is 43.2 Å². The van der Waals surface area contributed by atoms with Crippen LogP contribution in [0.5, 0.6) is 0 Å². The van der Waals surface area contributed by atoms with E-state index in [4.69, 9.17) is 0 Å². The number of halogens is 1. The van der Waals surface area contributed by atoms with Crippen molar-refractivity contribution in [3.8, 4) is 22.3 Å². The summed E-state index contributed by atoms with van der Waals surface area (Å²) in [7, 11) is 0. The molecule has 180 valence electrons. The van der Waals surface area contributed by atoms with Crippen molar-refractivity contribution in [1.29, 1.82) is 0 Å². The first-order valence-electron chi connectivity index (χ1n) is 14.1. The standard InChI is InChI=1S/C36H29Br/c37-33-10-4-7-24-6-3-9-28(34(24)33)25-12-13-30-31-14-11-23-5-1-2-8-29(23)35(31)36(32(30)20-25)26-16-21-15-22(18-26)19-27(36)17-21/h1-14,20-22,26-27H,15-19H2. The minimum absolute atomic E-state index is 0.163. The molecule has 4 fully saturated rings. The van der Waals surface area contributed by atoms with Crippen LogP contribution in [-0.2, 0) is 5.41 Å². The summed E-state index contributed by atoms with van der Waals surface area (Å²) in [6, 6.07) is 34.8. The second-order valence-electron chi connectivity index (χ2n) is 12.3. The Balaban J connectivity index is 1.36. The summed E-state index contributed by atoms with van der Waals surface area (Å²) in [6.45, 7) is 0. The van der Waals surface area contributed by atoms with Gasteiger partial charge in [0.05, 0.1) is 0 Å². The van der Waals surface area contributed by atoms with Gasteiger partial charge in [0, 0.05) is 15.3 Å². The predicted molar refractivity (Wildman–Crippen MR) is 158 cm³/mol. The smallest absolute Gasteiger partial charge is 0.0278 e. The second kappa shape index (κ2) is 7.35. The molecule has 0 nitrogen and oxygen atoms in total. The minimum Gasteiger partial charge on any atom is -0.0616 e. The van der Waals surface area contributed by atoms with Gasteiger partial charge in [-0.1, -0.05) is 94.8 Å². The highest BCUT2D eigenvalue weighted by atomic mass is 79.9. The molecule has 10 rings (SSSR count). The van der Waals surface area contributed by atoms with Crippen molar-refractivity contribution in [2.45, 2.75) is 37.5 Å². The lowest BCUT2D eigenvalue weighted by atomic mass is 9.43. The molecule has 5 aliphatic rings. The molecule has 0 radical (unpaired) electrons. The summed E-state index contributed by atoms with van der Waals surface area (Å²) in [5, 5.41) is 5.52. The Kier molecular flexibility index (Phi) is 4.19. The summed E-state index contributed by atoms with van der Waals surface area (Å²) < 4.78 is 1.18. The van der Waals surface area contributed by atoms with E-state index in [9.17, 15) is 0 Å². The molecule has 5 aromatic carbocycles. The minimum atomic E-state index is 0.163. The summed E-state index contributed by atoms with van der Waals surface area (Å²) in [4.78, 5) is 0. The van der Waals surface area contributed by atoms with Crippen LogP contribution in [0.2, 0.25) is 0 Å². The summed E-state index contributed by atoms with van der Waals surface area (Å²) >= 11 is 3.88. The van der Waals surface area contributed by atoms with Crippen molar-refractivity contribution < 1.29 is 0 Å². The van der Waals surface area contributed by atoms with Crippen LogP contribution in [0, 0.1) is 23.7 Å². The second-order valence-corrected chi connectivity index (χ2v) is 13.1. The highest BCUT2D eigenvalue weighted by molar-refractivity contribution is 9.10. The van der Waals surface area contributed by atoms with Crippen LogP contribution in [0.15, 0.2) is 95.5 Å². The first-order valence-corrected chi connectivity index (χ1v) is 14.9. The van der Waals surface area contributed by atoms with Crippen LogP contribution >= 0.6 is 15.9 Å². The number of fused-ring (bicyclic) bond motifs is 6. The molecule has 1 spiro atoms. The Morgan fingerprint density at radius 2 is 1.30 bits per heavy atom. The van der Waals surface area contributed by atoms with Crippen LogP contribution in [-0.4, -0.2) is 0 Å². The van der Waals surface area contributed by atoms with E-state index in [2.05, 4.69) is 107 Å². The third-order valence-electron chi connectivity index (χ3n) is 10.7. The van der Waals surface area contributed by atoms with E-state index in [1.165, 1.54) is 80.4 Å². The first-order chi connectivity index (χ1) is 18.2. The molecule has 5 aliphatic carbocycles. The summed E-state index contributed by atoms with van der Waals surface area (Å²) in [5.41, 5.74) is 9.17. The third kappa shape index (κ3) is 2.64. The molecule has 0 saturated heterocycles. The first kappa shape index (κ1) is 21.1. The van der Waals surface area contributed by atoms with Gasteiger partial charge in [0.1, 0.15) is 0 Å². The lowest BCUT2D eigenvalue weighted by molar-refractivity contribution is -0.0393. The zero-order valence-electron chi connectivity index (χ0n) is 20.9. The fourth-order valence-electron chi connectivity index (χ4n) is 9.68. The van der Waals surface area contributed by atoms with Crippen LogP contribution in [0.3, 0.4) is 0 Å². The fraction of sp³-hybridized carbons (Fsp3) is 0.278. The molecule has 0 heterocycles. The average Bonchev–Trinajstić information content (AvgIpc) is 3.22. The molecule has 0 N–H and O–H groups in total. The largest absolute Gasteiger partial charge is 0.0616 e. The van der Waals surface area contributed by atoms with Gasteiger partial charge in [-0.25, -0.2) is 0 Å². The normalized spacial score (nSPS) is 28.8. The third-order valence-corrected chi connectivity index (χ3v) is 11.3. The molecule has 5 aromatic rings. The number of rotatable bonds is 1. The SMILES string of the molecule is Brc1cccc2cccc(-c3ccc4c(c3)C3(c5c-4ccc4ccccc54)C4CC5CC(C4)CC3C5)c12. The molecule has 0 atom stereocenters. The van der Waals surface area contributed by atoms with E-state index in [1.54, 1.807) is 11.1 Å². The van der Waals surface area contributed by atoms with Crippen molar-refractivity contribution in [1.82, 2.24) is 0 Å². The lowest BCUT2D eigenvalue weighted by Gasteiger charge is -2.61. The molecule has 4 bridgehead atoms. The van der Waals surface area contributed by atoms with Gasteiger partial charge >= 0.3 is 0 Å². The summed E-state index contributed by atoms with van der Waals surface area (Å²) in [6.07, 6.45) is 7.15. The van der Waals surface area contributed by atoms with Crippen LogP contribution in [0.25, 0.3) is 43.8 Å². The maximum atomic E-state index is 3.88. The Labute approximate surface area is 226 Å². The van der Waals surface area contributed by atoms with Gasteiger partial charge < -0.3 is 0 Å². The fourth-order valence-corrected chi connectivity index (χ4v) is 10.3. The van der Waals surface area contributed by atoms with Gasteiger partial charge in [-0.2, -0.15) is 0 Å². The van der Waals surface area contributed by atoms with Crippen molar-refractivity contribution in [2.24, 2.45) is 23.7 Å². The van der Waals surface area contributed by atoms with Crippen LogP contribution < -0.4 is 0 Å². The van der Waals surface area contributed by atoms with Crippen molar-refractivity contribution in [2.75, 3.05) is 0 Å². The quantitative estimate of drug-likeness (QED) is 0.198. The zero-order valence-corrected chi connectivity index (χ0v) is 22.5. The monoisotopic (exact) mass is 540 g/mol. The maximum Gasteiger partial charge on any atom is 0.0278 e. The van der Waals surface area contributed by atoms with E-state index < -0.39 is 0 Å². The van der Waals surface area contributed by atoms with E-state index in [-0.39, 0.29) is 5.41 Å². The zero-order chi connectivity index (χ0) is 24.3. The Bertz CT molecular complexity index is 1730. The maximum absolute atomic E-state index is 3.88. The topological polar surface area (TPSA) is 0 Å². The van der Waals surface area contributed by atoms with Crippen LogP contribution in [0.4, 0.5) is 0 Å². The number of hydrogen-bond acceptors (Lipinski definition) is 0. The van der Waals surface area contributed by atoms with Gasteiger partial charge in [-0.05, 0) is 117 Å². The van der Waals surface area contributed by atoms with Crippen molar-refractivity contribution >= 4 is 37.5 Å². The lowest BCUT2D eigenvalue weighted by Crippen LogP contribution is -2.55. The highest BCUT2D eigenvalue weighted by Gasteiger charge is 2.62. The van der Waals surface area contributed by atoms with E-state index in [0.717, 1.165) is 23.7 Å². The molecule has 0 amide bonds. The van der Waals surface area contributed by atoms with Gasteiger partial charge in [0.25, 0.3) is 0 Å². The Hall–Kier alpha value is -2.90. The molecule has 0 aliphatic heterocycles. The van der Waals surface area contributed by atoms with E-state index in [0.29, 0.717) is 0 Å². The van der Waals surface area contributed by atoms with Crippen molar-refractivity contribution in [3.05, 3.63) is 107 Å². The van der Waals surface area contributed by atoms with Gasteiger partial charge in [0.2, 0.25) is 0 Å². The molecule has 37 heavy (non-hydrogen) atoms. The molecule has 0 unspecified atom stereocenters. The van der Waals surface area contributed by atoms with Crippen molar-refractivity contribution in [3.63, 3.8) is 0 Å². The van der Waals surface area contributed by atoms with E-state index in [1.807, 2.05) is 0 Å². The molecular formula is C36H29Br. The number of benzene rings is 5. The predicted octanol–water partition coefficient (Wildman–Crippen LogP) is 10.1. The number of hydrogen-bond donors (Lipinski definition) is 0. The molecule has 4 saturated carbocycles. The average molecular weight is 542 g/mol. The molecular weight excluding hydrogens is 512 g/mol. The Morgan fingerprint density at radius 1 is 0.595 bits per heavy atom. The summed E-state index contributed by atoms with van der Waals surface area (Å²) in [5.74, 6) is 3.44. The van der Waals surface area contributed by atoms with E-state index >= 15 is 0 Å². The molecule has 0 aromatic heterocycles. The molecule has 1 heteroatoms. The van der Waals surface area contributed by atoms with Gasteiger partial charge in [-0.3, -0.25) is 0 Å². The highest BCUT2D eigenvalue weighted by Crippen LogP contribution is 2.70. The van der Waals surface area contributed by atoms with Gasteiger partial charge in [0.15, 0.2) is 0 Å². The Morgan fingerprint density at radius 3 is 2.11 bits per heavy atom. The van der Waals surface area contributed by atoms with Gasteiger partial charge in [-0.15, -0.1) is 0 Å².